The Morgan fingerprint density at radius 1 is 1.18 bits per heavy atom. The molecule has 0 spiro atoms. The van der Waals surface area contributed by atoms with Crippen LogP contribution in [0.4, 0.5) is 5.69 Å². The normalized spacial score (nSPS) is 13.8. The van der Waals surface area contributed by atoms with Gasteiger partial charge in [-0.25, -0.2) is 0 Å². The summed E-state index contributed by atoms with van der Waals surface area (Å²) in [6.07, 6.45) is 2.23. The van der Waals surface area contributed by atoms with E-state index in [0.717, 1.165) is 6.41 Å². The Hall–Kier alpha value is -3.42. The zero-order valence-corrected chi connectivity index (χ0v) is 15.6. The first kappa shape index (κ1) is 19.3. The van der Waals surface area contributed by atoms with E-state index in [-0.39, 0.29) is 11.6 Å². The van der Waals surface area contributed by atoms with E-state index >= 15 is 0 Å². The van der Waals surface area contributed by atoms with E-state index in [4.69, 9.17) is 4.74 Å². The van der Waals surface area contributed by atoms with Crippen molar-refractivity contribution in [3.63, 3.8) is 0 Å². The molecule has 0 unspecified atom stereocenters. The van der Waals surface area contributed by atoms with Gasteiger partial charge < -0.3 is 19.9 Å². The first-order chi connectivity index (χ1) is 13.6. The van der Waals surface area contributed by atoms with Crippen LogP contribution in [0.25, 0.3) is 0 Å². The number of nitrogens with one attached hydrogen (secondary N) is 1. The lowest BCUT2D eigenvalue weighted by Gasteiger charge is -2.32. The number of benzene rings is 1. The van der Waals surface area contributed by atoms with Crippen molar-refractivity contribution in [1.82, 2.24) is 14.8 Å². The van der Waals surface area contributed by atoms with Crippen LogP contribution in [0.15, 0.2) is 42.6 Å². The van der Waals surface area contributed by atoms with Gasteiger partial charge >= 0.3 is 0 Å². The molecule has 1 N–H and O–H groups in total. The minimum atomic E-state index is -0.424. The molecule has 1 fully saturated rings. The number of pyridine rings is 1. The van der Waals surface area contributed by atoms with Crippen molar-refractivity contribution < 1.29 is 19.1 Å². The molecule has 3 rings (SSSR count). The second kappa shape index (κ2) is 8.98. The van der Waals surface area contributed by atoms with E-state index in [9.17, 15) is 14.4 Å². The number of carbonyl (C=O) groups is 3. The minimum Gasteiger partial charge on any atom is -0.492 e. The number of aromatic nitrogens is 1. The molecule has 2 aromatic rings. The van der Waals surface area contributed by atoms with Crippen molar-refractivity contribution in [1.29, 1.82) is 0 Å². The van der Waals surface area contributed by atoms with Crippen LogP contribution in [0.5, 0.6) is 5.75 Å². The third-order valence-electron chi connectivity index (χ3n) is 4.43. The van der Waals surface area contributed by atoms with Gasteiger partial charge in [-0.3, -0.25) is 19.4 Å². The molecule has 0 atom stereocenters. The van der Waals surface area contributed by atoms with Crippen molar-refractivity contribution in [2.75, 3.05) is 38.1 Å². The van der Waals surface area contributed by atoms with Crippen molar-refractivity contribution in [2.45, 2.75) is 6.92 Å². The molecule has 1 aliphatic rings. The number of carbonyl (C=O) groups excluding carboxylic acids is 3. The number of ether oxygens (including phenoxy) is 1. The van der Waals surface area contributed by atoms with Gasteiger partial charge in [0.2, 0.25) is 6.41 Å². The van der Waals surface area contributed by atoms with Gasteiger partial charge in [0.05, 0.1) is 12.3 Å². The standard InChI is InChI=1S/C20H22N4O4/c1-2-28-18-6-4-3-5-16(18)22-19(26)17-13-15(7-8-21-17)20(27)24-11-9-23(14-25)10-12-24/h3-8,13-14H,2,9-12H2,1H3,(H,22,26). The highest BCUT2D eigenvalue weighted by molar-refractivity contribution is 6.05. The molecule has 8 nitrogen and oxygen atoms in total. The molecule has 0 bridgehead atoms. The Balaban J connectivity index is 1.71. The summed E-state index contributed by atoms with van der Waals surface area (Å²) in [7, 11) is 0. The third kappa shape index (κ3) is 4.46. The maximum absolute atomic E-state index is 12.7. The molecule has 1 aromatic carbocycles. The molecule has 3 amide bonds. The number of rotatable bonds is 6. The maximum atomic E-state index is 12.7. The van der Waals surface area contributed by atoms with Crippen LogP contribution in [-0.4, -0.2) is 65.8 Å². The fraction of sp³-hybridized carbons (Fsp3) is 0.300. The highest BCUT2D eigenvalue weighted by atomic mass is 16.5. The fourth-order valence-corrected chi connectivity index (χ4v) is 2.94. The van der Waals surface area contributed by atoms with Crippen LogP contribution in [0.1, 0.15) is 27.8 Å². The number of hydrogen-bond acceptors (Lipinski definition) is 5. The predicted octanol–water partition coefficient (Wildman–Crippen LogP) is 1.65. The number of para-hydroxylation sites is 2. The third-order valence-corrected chi connectivity index (χ3v) is 4.43. The monoisotopic (exact) mass is 382 g/mol. The highest BCUT2D eigenvalue weighted by Gasteiger charge is 2.22. The number of hydrogen-bond donors (Lipinski definition) is 1. The van der Waals surface area contributed by atoms with Gasteiger partial charge in [-0.2, -0.15) is 0 Å². The molecule has 2 heterocycles. The number of nitrogens with zero attached hydrogens (tertiary/aromatic N) is 3. The molecular weight excluding hydrogens is 360 g/mol. The second-order valence-corrected chi connectivity index (χ2v) is 6.25. The highest BCUT2D eigenvalue weighted by Crippen LogP contribution is 2.24. The van der Waals surface area contributed by atoms with Crippen LogP contribution < -0.4 is 10.1 Å². The number of anilines is 1. The summed E-state index contributed by atoms with van der Waals surface area (Å²) < 4.78 is 5.51. The van der Waals surface area contributed by atoms with Crippen molar-refractivity contribution >= 4 is 23.9 Å². The van der Waals surface area contributed by atoms with E-state index in [2.05, 4.69) is 10.3 Å². The lowest BCUT2D eigenvalue weighted by molar-refractivity contribution is -0.119. The topological polar surface area (TPSA) is 91.8 Å². The smallest absolute Gasteiger partial charge is 0.274 e. The molecule has 1 aliphatic heterocycles. The van der Waals surface area contributed by atoms with Gasteiger partial charge in [-0.05, 0) is 31.2 Å². The van der Waals surface area contributed by atoms with Gasteiger partial charge in [-0.15, -0.1) is 0 Å². The largest absolute Gasteiger partial charge is 0.492 e. The van der Waals surface area contributed by atoms with Crippen molar-refractivity contribution in [3.05, 3.63) is 53.9 Å². The summed E-state index contributed by atoms with van der Waals surface area (Å²) in [6.45, 7) is 4.27. The summed E-state index contributed by atoms with van der Waals surface area (Å²) in [6, 6.07) is 10.2. The SMILES string of the molecule is CCOc1ccccc1NC(=O)c1cc(C(=O)N2CCN(C=O)CC2)ccn1. The molecule has 146 valence electrons. The van der Waals surface area contributed by atoms with Crippen molar-refractivity contribution in [3.8, 4) is 5.75 Å². The summed E-state index contributed by atoms with van der Waals surface area (Å²) >= 11 is 0. The predicted molar refractivity (Wildman–Crippen MR) is 103 cm³/mol. The van der Waals surface area contributed by atoms with Crippen LogP contribution in [0.2, 0.25) is 0 Å². The summed E-state index contributed by atoms with van der Waals surface area (Å²) in [5.41, 5.74) is 1.07. The van der Waals surface area contributed by atoms with Crippen LogP contribution >= 0.6 is 0 Å². The van der Waals surface area contributed by atoms with E-state index in [1.807, 2.05) is 13.0 Å². The molecule has 0 saturated carbocycles. The van der Waals surface area contributed by atoms with E-state index in [1.165, 1.54) is 12.3 Å². The molecule has 8 heteroatoms. The lowest BCUT2D eigenvalue weighted by atomic mass is 10.1. The van der Waals surface area contributed by atoms with Gasteiger partial charge in [0.1, 0.15) is 11.4 Å². The quantitative estimate of drug-likeness (QED) is 0.767. The van der Waals surface area contributed by atoms with Crippen LogP contribution in [0.3, 0.4) is 0 Å². The second-order valence-electron chi connectivity index (χ2n) is 6.25. The average Bonchev–Trinajstić information content (AvgIpc) is 2.75. The minimum absolute atomic E-state index is 0.142. The Morgan fingerprint density at radius 2 is 1.93 bits per heavy atom. The Morgan fingerprint density at radius 3 is 2.64 bits per heavy atom. The van der Waals surface area contributed by atoms with Crippen LogP contribution in [0, 0.1) is 0 Å². The van der Waals surface area contributed by atoms with E-state index in [1.54, 1.807) is 34.1 Å². The van der Waals surface area contributed by atoms with Crippen LogP contribution in [-0.2, 0) is 4.79 Å². The summed E-state index contributed by atoms with van der Waals surface area (Å²) in [5.74, 6) is -0.0390. The van der Waals surface area contributed by atoms with E-state index < -0.39 is 5.91 Å². The molecular formula is C20H22N4O4. The molecule has 28 heavy (non-hydrogen) atoms. The van der Waals surface area contributed by atoms with Gasteiger partial charge in [-0.1, -0.05) is 12.1 Å². The molecule has 0 aliphatic carbocycles. The van der Waals surface area contributed by atoms with Crippen molar-refractivity contribution in [2.24, 2.45) is 0 Å². The number of piperazine rings is 1. The maximum Gasteiger partial charge on any atom is 0.274 e. The zero-order chi connectivity index (χ0) is 19.9. The average molecular weight is 382 g/mol. The number of amides is 3. The van der Waals surface area contributed by atoms with Gasteiger partial charge in [0.25, 0.3) is 11.8 Å². The van der Waals surface area contributed by atoms with Gasteiger partial charge in [0, 0.05) is 37.9 Å². The van der Waals surface area contributed by atoms with Gasteiger partial charge in [0.15, 0.2) is 0 Å². The molecule has 0 radical (unpaired) electrons. The molecule has 1 aromatic heterocycles. The zero-order valence-electron chi connectivity index (χ0n) is 15.6. The first-order valence-electron chi connectivity index (χ1n) is 9.10. The Kier molecular flexibility index (Phi) is 6.21. The Bertz CT molecular complexity index is 863. The first-order valence-corrected chi connectivity index (χ1v) is 9.10. The Labute approximate surface area is 163 Å². The fourth-order valence-electron chi connectivity index (χ4n) is 2.94. The lowest BCUT2D eigenvalue weighted by Crippen LogP contribution is -2.48. The molecule has 1 saturated heterocycles. The summed E-state index contributed by atoms with van der Waals surface area (Å²) in [4.78, 5) is 43.5. The summed E-state index contributed by atoms with van der Waals surface area (Å²) in [5, 5.41) is 2.77. The van der Waals surface area contributed by atoms with E-state index in [0.29, 0.717) is 49.8 Å².